The SMILES string of the molecule is Cc1cccc(CNS(=O)(=O)c2ccc(-c3cc(C(F)(F)F)[nH]n3)s2)c1. The van der Waals surface area contributed by atoms with E-state index < -0.39 is 21.9 Å². The molecule has 10 heteroatoms. The third-order valence-corrected chi connectivity index (χ3v) is 6.53. The lowest BCUT2D eigenvalue weighted by Crippen LogP contribution is -2.22. The first kappa shape index (κ1) is 18.6. The zero-order valence-corrected chi connectivity index (χ0v) is 15.1. The monoisotopic (exact) mass is 401 g/mol. The van der Waals surface area contributed by atoms with Crippen LogP contribution in [0.15, 0.2) is 46.7 Å². The molecule has 1 aromatic carbocycles. The molecule has 0 unspecified atom stereocenters. The Labute approximate surface area is 151 Å². The van der Waals surface area contributed by atoms with Gasteiger partial charge in [0.2, 0.25) is 10.0 Å². The number of hydrogen-bond donors (Lipinski definition) is 2. The second kappa shape index (κ2) is 6.86. The molecule has 3 aromatic rings. The number of sulfonamides is 1. The van der Waals surface area contributed by atoms with E-state index in [1.165, 1.54) is 12.1 Å². The fourth-order valence-corrected chi connectivity index (χ4v) is 4.60. The lowest BCUT2D eigenvalue weighted by atomic mass is 10.1. The van der Waals surface area contributed by atoms with E-state index in [0.717, 1.165) is 28.5 Å². The van der Waals surface area contributed by atoms with Crippen molar-refractivity contribution in [2.24, 2.45) is 0 Å². The van der Waals surface area contributed by atoms with Crippen LogP contribution in [-0.4, -0.2) is 18.6 Å². The molecule has 2 heterocycles. The van der Waals surface area contributed by atoms with Crippen LogP contribution in [0.1, 0.15) is 16.8 Å². The zero-order valence-electron chi connectivity index (χ0n) is 13.5. The molecule has 0 aliphatic rings. The maximum absolute atomic E-state index is 12.6. The van der Waals surface area contributed by atoms with Crippen molar-refractivity contribution in [2.45, 2.75) is 23.9 Å². The highest BCUT2D eigenvalue weighted by Crippen LogP contribution is 2.34. The normalized spacial score (nSPS) is 12.5. The smallest absolute Gasteiger partial charge is 0.273 e. The van der Waals surface area contributed by atoms with Crippen molar-refractivity contribution in [2.75, 3.05) is 0 Å². The van der Waals surface area contributed by atoms with Gasteiger partial charge in [0.05, 0.1) is 4.88 Å². The van der Waals surface area contributed by atoms with Crippen molar-refractivity contribution in [3.05, 3.63) is 59.3 Å². The summed E-state index contributed by atoms with van der Waals surface area (Å²) < 4.78 is 65.2. The van der Waals surface area contributed by atoms with Crippen LogP contribution in [0.3, 0.4) is 0 Å². The molecule has 0 aliphatic heterocycles. The summed E-state index contributed by atoms with van der Waals surface area (Å²) in [4.78, 5) is 0.327. The van der Waals surface area contributed by atoms with Crippen LogP contribution >= 0.6 is 11.3 Å². The summed E-state index contributed by atoms with van der Waals surface area (Å²) in [6, 6.07) is 11.0. The fourth-order valence-electron chi connectivity index (χ4n) is 2.27. The van der Waals surface area contributed by atoms with Crippen LogP contribution in [-0.2, 0) is 22.7 Å². The molecule has 0 bridgehead atoms. The van der Waals surface area contributed by atoms with Gasteiger partial charge in [-0.2, -0.15) is 18.3 Å². The number of aryl methyl sites for hydroxylation is 1. The number of thiophene rings is 1. The lowest BCUT2D eigenvalue weighted by Gasteiger charge is -2.05. The van der Waals surface area contributed by atoms with Crippen molar-refractivity contribution < 1.29 is 21.6 Å². The quantitative estimate of drug-likeness (QED) is 0.680. The van der Waals surface area contributed by atoms with Gasteiger partial charge in [-0.3, -0.25) is 5.10 Å². The molecule has 0 radical (unpaired) electrons. The van der Waals surface area contributed by atoms with Gasteiger partial charge in [-0.1, -0.05) is 29.8 Å². The van der Waals surface area contributed by atoms with Crippen LogP contribution in [0.5, 0.6) is 0 Å². The average molecular weight is 401 g/mol. The Morgan fingerprint density at radius 1 is 1.19 bits per heavy atom. The van der Waals surface area contributed by atoms with E-state index in [-0.39, 0.29) is 16.4 Å². The Morgan fingerprint density at radius 2 is 1.96 bits per heavy atom. The summed E-state index contributed by atoms with van der Waals surface area (Å²) in [5.74, 6) is 0. The average Bonchev–Trinajstić information content (AvgIpc) is 3.21. The largest absolute Gasteiger partial charge is 0.432 e. The van der Waals surface area contributed by atoms with Crippen molar-refractivity contribution in [1.29, 1.82) is 0 Å². The summed E-state index contributed by atoms with van der Waals surface area (Å²) in [7, 11) is -3.77. The summed E-state index contributed by atoms with van der Waals surface area (Å²) in [5.41, 5.74) is 0.886. The molecule has 0 fully saturated rings. The molecule has 0 saturated heterocycles. The number of H-pyrrole nitrogens is 1. The molecule has 3 rings (SSSR count). The number of halogens is 3. The van der Waals surface area contributed by atoms with E-state index in [9.17, 15) is 21.6 Å². The standard InChI is InChI=1S/C16H14F3N3O2S2/c1-10-3-2-4-11(7-10)9-20-26(23,24)15-6-5-13(25-15)12-8-14(22-21-12)16(17,18)19/h2-8,20H,9H2,1H3,(H,21,22). The first-order valence-corrected chi connectivity index (χ1v) is 9.73. The highest BCUT2D eigenvalue weighted by Gasteiger charge is 2.33. The van der Waals surface area contributed by atoms with Gasteiger partial charge < -0.3 is 0 Å². The van der Waals surface area contributed by atoms with Crippen molar-refractivity contribution in [3.63, 3.8) is 0 Å². The Kier molecular flexibility index (Phi) is 4.91. The Bertz CT molecular complexity index is 1020. The van der Waals surface area contributed by atoms with Gasteiger partial charge in [0, 0.05) is 6.54 Å². The summed E-state index contributed by atoms with van der Waals surface area (Å²) in [5, 5.41) is 5.51. The topological polar surface area (TPSA) is 74.8 Å². The van der Waals surface area contributed by atoms with Crippen molar-refractivity contribution in [3.8, 4) is 10.6 Å². The molecule has 26 heavy (non-hydrogen) atoms. The molecule has 5 nitrogen and oxygen atoms in total. The molecule has 0 spiro atoms. The second-order valence-corrected chi connectivity index (χ2v) is 8.67. The Hall–Kier alpha value is -2.17. The summed E-state index contributed by atoms with van der Waals surface area (Å²) >= 11 is 0.855. The van der Waals surface area contributed by atoms with Gasteiger partial charge in [-0.25, -0.2) is 13.1 Å². The minimum absolute atomic E-state index is 0.0108. The van der Waals surface area contributed by atoms with Gasteiger partial charge in [0.1, 0.15) is 15.6 Å². The van der Waals surface area contributed by atoms with Gasteiger partial charge in [-0.15, -0.1) is 11.3 Å². The molecule has 0 amide bonds. The number of hydrogen-bond acceptors (Lipinski definition) is 4. The molecule has 138 valence electrons. The Morgan fingerprint density at radius 3 is 2.62 bits per heavy atom. The van der Waals surface area contributed by atoms with Crippen LogP contribution in [0.25, 0.3) is 10.6 Å². The number of alkyl halides is 3. The first-order chi connectivity index (χ1) is 12.1. The molecule has 2 aromatic heterocycles. The second-order valence-electron chi connectivity index (χ2n) is 5.60. The predicted octanol–water partition coefficient (Wildman–Crippen LogP) is 3.94. The fraction of sp³-hybridized carbons (Fsp3) is 0.188. The molecule has 0 aliphatic carbocycles. The van der Waals surface area contributed by atoms with Gasteiger partial charge in [0.25, 0.3) is 0 Å². The zero-order chi connectivity index (χ0) is 18.9. The number of benzene rings is 1. The van der Waals surface area contributed by atoms with Crippen LogP contribution in [0.4, 0.5) is 13.2 Å². The maximum atomic E-state index is 12.6. The number of aromatic nitrogens is 2. The summed E-state index contributed by atoms with van der Waals surface area (Å²) in [6.45, 7) is 2.03. The molecular weight excluding hydrogens is 387 g/mol. The summed E-state index contributed by atoms with van der Waals surface area (Å²) in [6.07, 6.45) is -4.53. The van der Waals surface area contributed by atoms with Crippen molar-refractivity contribution >= 4 is 21.4 Å². The Balaban J connectivity index is 1.76. The van der Waals surface area contributed by atoms with Crippen molar-refractivity contribution in [1.82, 2.24) is 14.9 Å². The van der Waals surface area contributed by atoms with E-state index in [1.54, 1.807) is 6.07 Å². The van der Waals surface area contributed by atoms with E-state index in [2.05, 4.69) is 9.82 Å². The van der Waals surface area contributed by atoms with E-state index in [0.29, 0.717) is 4.88 Å². The number of nitrogens with one attached hydrogen (secondary N) is 2. The lowest BCUT2D eigenvalue weighted by molar-refractivity contribution is -0.141. The highest BCUT2D eigenvalue weighted by atomic mass is 32.2. The van der Waals surface area contributed by atoms with Gasteiger partial charge in [-0.05, 0) is 30.7 Å². The van der Waals surface area contributed by atoms with E-state index >= 15 is 0 Å². The van der Waals surface area contributed by atoms with Crippen LogP contribution in [0.2, 0.25) is 0 Å². The van der Waals surface area contributed by atoms with E-state index in [4.69, 9.17) is 0 Å². The van der Waals surface area contributed by atoms with E-state index in [1.807, 2.05) is 30.2 Å². The van der Waals surface area contributed by atoms with Crippen LogP contribution < -0.4 is 4.72 Å². The number of nitrogens with zero attached hydrogens (tertiary/aromatic N) is 1. The third-order valence-electron chi connectivity index (χ3n) is 3.53. The first-order valence-electron chi connectivity index (χ1n) is 7.43. The van der Waals surface area contributed by atoms with Gasteiger partial charge >= 0.3 is 6.18 Å². The highest BCUT2D eigenvalue weighted by molar-refractivity contribution is 7.91. The number of rotatable bonds is 5. The predicted molar refractivity (Wildman–Crippen MR) is 92.1 cm³/mol. The van der Waals surface area contributed by atoms with Crippen LogP contribution in [0, 0.1) is 6.92 Å². The van der Waals surface area contributed by atoms with Gasteiger partial charge in [0.15, 0.2) is 0 Å². The third kappa shape index (κ3) is 4.14. The minimum Gasteiger partial charge on any atom is -0.273 e. The minimum atomic E-state index is -4.53. The molecule has 0 atom stereocenters. The molecule has 2 N–H and O–H groups in total. The maximum Gasteiger partial charge on any atom is 0.432 e. The number of aromatic amines is 1. The molecular formula is C16H14F3N3O2S2. The molecule has 0 saturated carbocycles.